The minimum Gasteiger partial charge on any atom is -0.421 e. The summed E-state index contributed by atoms with van der Waals surface area (Å²) in [4.78, 5) is 21.8. The van der Waals surface area contributed by atoms with Gasteiger partial charge in [0.05, 0.1) is 15.5 Å². The minimum atomic E-state index is -0.635. The van der Waals surface area contributed by atoms with Gasteiger partial charge < -0.3 is 4.74 Å². The summed E-state index contributed by atoms with van der Waals surface area (Å²) in [6.45, 7) is 0. The van der Waals surface area contributed by atoms with Gasteiger partial charge >= 0.3 is 5.97 Å². The zero-order chi connectivity index (χ0) is 14.7. The van der Waals surface area contributed by atoms with Gasteiger partial charge in [-0.25, -0.2) is 4.79 Å². The van der Waals surface area contributed by atoms with Crippen LogP contribution < -0.4 is 4.74 Å². The zero-order valence-corrected chi connectivity index (χ0v) is 12.2. The molecule has 0 atom stereocenters. The summed E-state index contributed by atoms with van der Waals surface area (Å²) in [6, 6.07) is 9.96. The highest BCUT2D eigenvalue weighted by atomic mass is 79.9. The fourth-order valence-corrected chi connectivity index (χ4v) is 2.15. The molecule has 20 heavy (non-hydrogen) atoms. The Balaban J connectivity index is 2.17. The molecule has 0 aliphatic heterocycles. The Bertz CT molecular complexity index is 673. The Labute approximate surface area is 127 Å². The Morgan fingerprint density at radius 1 is 1.20 bits per heavy atom. The molecule has 0 saturated heterocycles. The standard InChI is InChI=1S/C13H7BrClNO4/c14-9-3-6-12(11(15)7-9)20-13(17)8-1-4-10(5-2-8)16(18)19/h1-7H. The van der Waals surface area contributed by atoms with Crippen LogP contribution >= 0.6 is 27.5 Å². The average Bonchev–Trinajstić information content (AvgIpc) is 2.42. The molecular weight excluding hydrogens is 350 g/mol. The summed E-state index contributed by atoms with van der Waals surface area (Å²) < 4.78 is 5.89. The molecule has 0 aliphatic carbocycles. The van der Waals surface area contributed by atoms with E-state index in [2.05, 4.69) is 15.9 Å². The summed E-state index contributed by atoms with van der Waals surface area (Å²) in [6.07, 6.45) is 0. The molecule has 0 fully saturated rings. The number of rotatable bonds is 3. The summed E-state index contributed by atoms with van der Waals surface area (Å²) in [7, 11) is 0. The van der Waals surface area contributed by atoms with Gasteiger partial charge in [-0.2, -0.15) is 0 Å². The van der Waals surface area contributed by atoms with Gasteiger partial charge in [-0.3, -0.25) is 10.1 Å². The van der Waals surface area contributed by atoms with Gasteiger partial charge in [0.25, 0.3) is 5.69 Å². The van der Waals surface area contributed by atoms with E-state index in [1.54, 1.807) is 18.2 Å². The SMILES string of the molecule is O=C(Oc1ccc(Br)cc1Cl)c1ccc([N+](=O)[O-])cc1. The van der Waals surface area contributed by atoms with Crippen LogP contribution in [0.5, 0.6) is 5.75 Å². The Hall–Kier alpha value is -1.92. The number of nitrogens with zero attached hydrogens (tertiary/aromatic N) is 1. The van der Waals surface area contributed by atoms with Gasteiger partial charge in [-0.05, 0) is 30.3 Å². The first-order chi connectivity index (χ1) is 9.47. The number of benzene rings is 2. The van der Waals surface area contributed by atoms with Crippen LogP contribution in [-0.4, -0.2) is 10.9 Å². The molecule has 0 saturated carbocycles. The molecule has 0 spiro atoms. The highest BCUT2D eigenvalue weighted by Crippen LogP contribution is 2.28. The molecule has 7 heteroatoms. The fraction of sp³-hybridized carbons (Fsp3) is 0. The van der Waals surface area contributed by atoms with Crippen LogP contribution in [0.2, 0.25) is 5.02 Å². The second-order valence-electron chi connectivity index (χ2n) is 3.77. The summed E-state index contributed by atoms with van der Waals surface area (Å²) in [5.41, 5.74) is 0.109. The molecule has 0 aliphatic rings. The van der Waals surface area contributed by atoms with Crippen molar-refractivity contribution in [2.45, 2.75) is 0 Å². The number of carbonyl (C=O) groups excluding carboxylic acids is 1. The average molecular weight is 357 g/mol. The van der Waals surface area contributed by atoms with Crippen LogP contribution in [0.3, 0.4) is 0 Å². The van der Waals surface area contributed by atoms with Crippen LogP contribution in [0.15, 0.2) is 46.9 Å². The number of carbonyl (C=O) groups is 1. The normalized spacial score (nSPS) is 10.1. The second-order valence-corrected chi connectivity index (χ2v) is 5.09. The van der Waals surface area contributed by atoms with E-state index in [1.807, 2.05) is 0 Å². The Morgan fingerprint density at radius 3 is 2.40 bits per heavy atom. The lowest BCUT2D eigenvalue weighted by molar-refractivity contribution is -0.384. The lowest BCUT2D eigenvalue weighted by atomic mass is 10.2. The first kappa shape index (κ1) is 14.5. The molecule has 2 aromatic carbocycles. The topological polar surface area (TPSA) is 69.4 Å². The van der Waals surface area contributed by atoms with Gasteiger partial charge in [0, 0.05) is 16.6 Å². The molecule has 0 aromatic heterocycles. The van der Waals surface area contributed by atoms with Gasteiger partial charge in [0.15, 0.2) is 0 Å². The largest absolute Gasteiger partial charge is 0.421 e. The van der Waals surface area contributed by atoms with Crippen molar-refractivity contribution in [3.05, 3.63) is 67.6 Å². The highest BCUT2D eigenvalue weighted by Gasteiger charge is 2.13. The maximum absolute atomic E-state index is 11.9. The van der Waals surface area contributed by atoms with Gasteiger partial charge in [-0.15, -0.1) is 0 Å². The number of non-ortho nitro benzene ring substituents is 1. The molecule has 0 unspecified atom stereocenters. The van der Waals surface area contributed by atoms with Gasteiger partial charge in [0.1, 0.15) is 5.75 Å². The summed E-state index contributed by atoms with van der Waals surface area (Å²) in [5.74, 6) is -0.415. The molecule has 0 N–H and O–H groups in total. The number of halogens is 2. The minimum absolute atomic E-state index is 0.0942. The maximum Gasteiger partial charge on any atom is 0.343 e. The monoisotopic (exact) mass is 355 g/mol. The quantitative estimate of drug-likeness (QED) is 0.357. The third-order valence-corrected chi connectivity index (χ3v) is 3.20. The first-order valence-electron chi connectivity index (χ1n) is 5.39. The van der Waals surface area contributed by atoms with E-state index in [9.17, 15) is 14.9 Å². The van der Waals surface area contributed by atoms with Crippen molar-refractivity contribution < 1.29 is 14.5 Å². The summed E-state index contributed by atoms with van der Waals surface area (Å²) >= 11 is 9.17. The van der Waals surface area contributed by atoms with Crippen molar-refractivity contribution in [1.82, 2.24) is 0 Å². The predicted octanol–water partition coefficient (Wildman–Crippen LogP) is 4.23. The lowest BCUT2D eigenvalue weighted by Crippen LogP contribution is -2.08. The lowest BCUT2D eigenvalue weighted by Gasteiger charge is -2.06. The van der Waals surface area contributed by atoms with Crippen LogP contribution in [0.4, 0.5) is 5.69 Å². The molecule has 0 heterocycles. The van der Waals surface area contributed by atoms with Crippen LogP contribution in [-0.2, 0) is 0 Å². The van der Waals surface area contributed by atoms with E-state index in [-0.39, 0.29) is 22.0 Å². The number of esters is 1. The number of nitro groups is 1. The molecule has 102 valence electrons. The smallest absolute Gasteiger partial charge is 0.343 e. The number of nitro benzene ring substituents is 1. The maximum atomic E-state index is 11.9. The van der Waals surface area contributed by atoms with Crippen LogP contribution in [0, 0.1) is 10.1 Å². The highest BCUT2D eigenvalue weighted by molar-refractivity contribution is 9.10. The van der Waals surface area contributed by atoms with Crippen molar-refractivity contribution in [2.75, 3.05) is 0 Å². The molecule has 0 amide bonds. The van der Waals surface area contributed by atoms with Gasteiger partial charge in [0.2, 0.25) is 0 Å². The van der Waals surface area contributed by atoms with Gasteiger partial charge in [-0.1, -0.05) is 27.5 Å². The van der Waals surface area contributed by atoms with E-state index in [1.165, 1.54) is 24.3 Å². The van der Waals surface area contributed by atoms with Crippen molar-refractivity contribution in [3.8, 4) is 5.75 Å². The number of ether oxygens (including phenoxy) is 1. The third-order valence-electron chi connectivity index (χ3n) is 2.41. The van der Waals surface area contributed by atoms with Crippen molar-refractivity contribution >= 4 is 39.2 Å². The van der Waals surface area contributed by atoms with E-state index in [0.717, 1.165) is 4.47 Å². The Morgan fingerprint density at radius 2 is 1.85 bits per heavy atom. The van der Waals surface area contributed by atoms with E-state index in [4.69, 9.17) is 16.3 Å². The van der Waals surface area contributed by atoms with Crippen LogP contribution in [0.25, 0.3) is 0 Å². The molecule has 0 radical (unpaired) electrons. The molecule has 2 rings (SSSR count). The Kier molecular flexibility index (Phi) is 4.36. The van der Waals surface area contributed by atoms with Crippen molar-refractivity contribution in [1.29, 1.82) is 0 Å². The van der Waals surface area contributed by atoms with E-state index >= 15 is 0 Å². The molecule has 2 aromatic rings. The first-order valence-corrected chi connectivity index (χ1v) is 6.56. The molecular formula is C13H7BrClNO4. The van der Waals surface area contributed by atoms with Crippen molar-refractivity contribution in [2.24, 2.45) is 0 Å². The number of hydrogen-bond acceptors (Lipinski definition) is 4. The van der Waals surface area contributed by atoms with Crippen molar-refractivity contribution in [3.63, 3.8) is 0 Å². The number of hydrogen-bond donors (Lipinski definition) is 0. The molecule has 5 nitrogen and oxygen atoms in total. The van der Waals surface area contributed by atoms with E-state index < -0.39 is 10.9 Å². The fourth-order valence-electron chi connectivity index (χ4n) is 1.44. The molecule has 0 bridgehead atoms. The summed E-state index contributed by atoms with van der Waals surface area (Å²) in [5, 5.41) is 10.8. The van der Waals surface area contributed by atoms with E-state index in [0.29, 0.717) is 0 Å². The zero-order valence-electron chi connectivity index (χ0n) is 9.88. The second kappa shape index (κ2) is 6.02. The third kappa shape index (κ3) is 3.34. The van der Waals surface area contributed by atoms with Crippen LogP contribution in [0.1, 0.15) is 10.4 Å². The predicted molar refractivity (Wildman–Crippen MR) is 77.2 cm³/mol.